The lowest BCUT2D eigenvalue weighted by Gasteiger charge is -2.14. The molecular formula is C22H20Cl2N4O. The van der Waals surface area contributed by atoms with E-state index >= 15 is 0 Å². The monoisotopic (exact) mass is 426 g/mol. The minimum absolute atomic E-state index is 0.153. The third-order valence-corrected chi connectivity index (χ3v) is 5.31. The minimum atomic E-state index is -0.153. The Bertz CT molecular complexity index is 1140. The Morgan fingerprint density at radius 3 is 2.69 bits per heavy atom. The Labute approximate surface area is 178 Å². The number of benzene rings is 2. The van der Waals surface area contributed by atoms with Crippen LogP contribution in [-0.2, 0) is 6.42 Å². The van der Waals surface area contributed by atoms with Crippen LogP contribution < -0.4 is 10.5 Å². The van der Waals surface area contributed by atoms with E-state index in [9.17, 15) is 0 Å². The number of fused-ring (bicyclic) bond motifs is 1. The fourth-order valence-electron chi connectivity index (χ4n) is 3.21. The molecule has 0 aliphatic heterocycles. The van der Waals surface area contributed by atoms with Crippen LogP contribution in [0, 0.1) is 6.92 Å². The van der Waals surface area contributed by atoms with Crippen LogP contribution in [0.3, 0.4) is 0 Å². The van der Waals surface area contributed by atoms with E-state index in [4.69, 9.17) is 33.7 Å². The highest BCUT2D eigenvalue weighted by Crippen LogP contribution is 2.32. The largest absolute Gasteiger partial charge is 0.490 e. The summed E-state index contributed by atoms with van der Waals surface area (Å²) in [7, 11) is 0. The molecule has 4 aromatic rings. The van der Waals surface area contributed by atoms with Crippen LogP contribution >= 0.6 is 23.2 Å². The summed E-state index contributed by atoms with van der Waals surface area (Å²) in [6.45, 7) is 2.33. The van der Waals surface area contributed by atoms with Crippen LogP contribution in [-0.4, -0.2) is 27.8 Å². The Hall–Kier alpha value is -2.60. The average molecular weight is 427 g/mol. The summed E-state index contributed by atoms with van der Waals surface area (Å²) in [5.41, 5.74) is 11.0. The van der Waals surface area contributed by atoms with Gasteiger partial charge in [0.1, 0.15) is 17.5 Å². The maximum absolute atomic E-state index is 6.35. The maximum Gasteiger partial charge on any atom is 0.138 e. The van der Waals surface area contributed by atoms with Gasteiger partial charge in [0, 0.05) is 22.0 Å². The number of H-pyrrole nitrogens is 1. The molecule has 2 aromatic heterocycles. The van der Waals surface area contributed by atoms with Crippen LogP contribution in [0.1, 0.15) is 11.3 Å². The predicted molar refractivity (Wildman–Crippen MR) is 118 cm³/mol. The Balaban J connectivity index is 1.48. The van der Waals surface area contributed by atoms with E-state index in [1.807, 2.05) is 55.5 Å². The number of rotatable bonds is 6. The molecule has 0 aliphatic carbocycles. The van der Waals surface area contributed by atoms with Gasteiger partial charge < -0.3 is 10.5 Å². The Morgan fingerprint density at radius 1 is 1.10 bits per heavy atom. The number of nitrogens with zero attached hydrogens (tertiary/aromatic N) is 2. The fourth-order valence-corrected chi connectivity index (χ4v) is 3.55. The van der Waals surface area contributed by atoms with Crippen molar-refractivity contribution in [3.63, 3.8) is 0 Å². The molecule has 0 spiro atoms. The Kier molecular flexibility index (Phi) is 5.72. The summed E-state index contributed by atoms with van der Waals surface area (Å²) in [5, 5.41) is 9.42. The van der Waals surface area contributed by atoms with Gasteiger partial charge in [-0.2, -0.15) is 5.10 Å². The first-order chi connectivity index (χ1) is 14.0. The molecule has 148 valence electrons. The number of pyridine rings is 1. The van der Waals surface area contributed by atoms with Gasteiger partial charge in [-0.15, -0.1) is 0 Å². The van der Waals surface area contributed by atoms with E-state index in [0.29, 0.717) is 29.0 Å². The van der Waals surface area contributed by atoms with Gasteiger partial charge in [-0.05, 0) is 54.8 Å². The van der Waals surface area contributed by atoms with Crippen molar-refractivity contribution in [2.45, 2.75) is 19.4 Å². The van der Waals surface area contributed by atoms with E-state index < -0.39 is 0 Å². The number of nitrogens with two attached hydrogens (primary N) is 1. The van der Waals surface area contributed by atoms with Gasteiger partial charge in [-0.3, -0.25) is 5.10 Å². The van der Waals surface area contributed by atoms with Crippen molar-refractivity contribution >= 4 is 34.1 Å². The van der Waals surface area contributed by atoms with Crippen molar-refractivity contribution in [2.75, 3.05) is 6.61 Å². The van der Waals surface area contributed by atoms with Crippen molar-refractivity contribution in [3.8, 4) is 16.9 Å². The molecule has 2 aromatic carbocycles. The van der Waals surface area contributed by atoms with E-state index in [0.717, 1.165) is 33.3 Å². The van der Waals surface area contributed by atoms with Gasteiger partial charge in [0.25, 0.3) is 0 Å². The molecular weight excluding hydrogens is 407 g/mol. The second kappa shape index (κ2) is 8.41. The molecule has 0 saturated heterocycles. The van der Waals surface area contributed by atoms with E-state index in [2.05, 4.69) is 15.2 Å². The third-order valence-electron chi connectivity index (χ3n) is 4.75. The van der Waals surface area contributed by atoms with Crippen LogP contribution in [0.5, 0.6) is 5.75 Å². The van der Waals surface area contributed by atoms with Crippen LogP contribution in [0.4, 0.5) is 0 Å². The molecule has 1 atom stereocenters. The molecule has 4 rings (SSSR count). The highest BCUT2D eigenvalue weighted by molar-refractivity contribution is 6.32. The van der Waals surface area contributed by atoms with Crippen molar-refractivity contribution in [3.05, 3.63) is 76.2 Å². The predicted octanol–water partition coefficient (Wildman–Crippen LogP) is 5.19. The lowest BCUT2D eigenvalue weighted by atomic mass is 10.0. The van der Waals surface area contributed by atoms with Crippen molar-refractivity contribution in [2.24, 2.45) is 5.73 Å². The summed E-state index contributed by atoms with van der Waals surface area (Å²) in [4.78, 5) is 4.28. The van der Waals surface area contributed by atoms with E-state index in [1.165, 1.54) is 0 Å². The molecule has 0 saturated carbocycles. The maximum atomic E-state index is 6.35. The number of hydrogen-bond donors (Lipinski definition) is 2. The average Bonchev–Trinajstić information content (AvgIpc) is 3.09. The molecule has 29 heavy (non-hydrogen) atoms. The smallest absolute Gasteiger partial charge is 0.138 e. The van der Waals surface area contributed by atoms with Crippen LogP contribution in [0.2, 0.25) is 10.2 Å². The summed E-state index contributed by atoms with van der Waals surface area (Å²) in [5.74, 6) is 0.625. The summed E-state index contributed by atoms with van der Waals surface area (Å²) in [6, 6.07) is 15.4. The first-order valence-electron chi connectivity index (χ1n) is 9.23. The first kappa shape index (κ1) is 19.7. The summed E-state index contributed by atoms with van der Waals surface area (Å²) in [6.07, 6.45) is 2.31. The number of aromatic nitrogens is 3. The molecule has 7 heteroatoms. The van der Waals surface area contributed by atoms with Crippen molar-refractivity contribution in [1.29, 1.82) is 0 Å². The fraction of sp³-hybridized carbons (Fsp3) is 0.182. The molecule has 0 aliphatic rings. The first-order valence-corrected chi connectivity index (χ1v) is 9.98. The topological polar surface area (TPSA) is 76.8 Å². The zero-order valence-electron chi connectivity index (χ0n) is 15.8. The Morgan fingerprint density at radius 2 is 1.90 bits per heavy atom. The van der Waals surface area contributed by atoms with Gasteiger partial charge in [-0.1, -0.05) is 41.4 Å². The highest BCUT2D eigenvalue weighted by atomic mass is 35.5. The van der Waals surface area contributed by atoms with Crippen LogP contribution in [0.15, 0.2) is 54.7 Å². The molecule has 3 N–H and O–H groups in total. The van der Waals surface area contributed by atoms with E-state index in [1.54, 1.807) is 6.20 Å². The van der Waals surface area contributed by atoms with Gasteiger partial charge in [0.15, 0.2) is 0 Å². The zero-order valence-corrected chi connectivity index (χ0v) is 17.3. The number of hydrogen-bond acceptors (Lipinski definition) is 4. The van der Waals surface area contributed by atoms with E-state index in [-0.39, 0.29) is 6.04 Å². The van der Waals surface area contributed by atoms with Crippen LogP contribution in [0.25, 0.3) is 22.0 Å². The lowest BCUT2D eigenvalue weighted by Crippen LogP contribution is -2.30. The minimum Gasteiger partial charge on any atom is -0.490 e. The van der Waals surface area contributed by atoms with Crippen molar-refractivity contribution in [1.82, 2.24) is 15.2 Å². The lowest BCUT2D eigenvalue weighted by molar-refractivity contribution is 0.287. The molecule has 0 unspecified atom stereocenters. The van der Waals surface area contributed by atoms with Gasteiger partial charge in [0.2, 0.25) is 0 Å². The third kappa shape index (κ3) is 4.53. The number of aryl methyl sites for hydroxylation is 1. The number of nitrogens with one attached hydrogen (secondary N) is 1. The molecule has 0 radical (unpaired) electrons. The number of halogens is 2. The molecule has 0 bridgehead atoms. The summed E-state index contributed by atoms with van der Waals surface area (Å²) >= 11 is 12.3. The van der Waals surface area contributed by atoms with Crippen molar-refractivity contribution < 1.29 is 4.74 Å². The quantitative estimate of drug-likeness (QED) is 0.415. The molecule has 5 nitrogen and oxygen atoms in total. The SMILES string of the molecule is Cc1n[nH]c2ccc(-c3cc(OC[C@@H](N)Cc4ccc(Cl)cc4)cnc3Cl)cc12. The molecule has 0 fully saturated rings. The molecule has 2 heterocycles. The zero-order chi connectivity index (χ0) is 20.4. The summed E-state index contributed by atoms with van der Waals surface area (Å²) < 4.78 is 5.89. The second-order valence-corrected chi connectivity index (χ2v) is 7.77. The van der Waals surface area contributed by atoms with Gasteiger partial charge in [0.05, 0.1) is 17.4 Å². The molecule has 0 amide bonds. The number of aromatic amines is 1. The van der Waals surface area contributed by atoms with Gasteiger partial charge >= 0.3 is 0 Å². The number of ether oxygens (including phenoxy) is 1. The second-order valence-electron chi connectivity index (χ2n) is 6.98. The standard InChI is InChI=1S/C22H20Cl2N4O/c1-13-19-9-15(4-7-21(19)28-27-13)20-10-18(11-26-22(20)24)29-12-17(25)8-14-2-5-16(23)6-3-14/h2-7,9-11,17H,8,12,25H2,1H3,(H,27,28)/t17-/m0/s1. The normalized spacial score (nSPS) is 12.3. The van der Waals surface area contributed by atoms with Gasteiger partial charge in [-0.25, -0.2) is 4.98 Å². The highest BCUT2D eigenvalue weighted by Gasteiger charge is 2.11.